The van der Waals surface area contributed by atoms with Gasteiger partial charge in [-0.25, -0.2) is 4.98 Å². The van der Waals surface area contributed by atoms with Gasteiger partial charge in [0.2, 0.25) is 0 Å². The van der Waals surface area contributed by atoms with Crippen LogP contribution >= 0.6 is 23.2 Å². The molecule has 124 valence electrons. The summed E-state index contributed by atoms with van der Waals surface area (Å²) in [5.74, 6) is 1.88. The summed E-state index contributed by atoms with van der Waals surface area (Å²) >= 11 is 12.0. The molecule has 0 radical (unpaired) electrons. The number of nitrogens with zero attached hydrogens (tertiary/aromatic N) is 5. The van der Waals surface area contributed by atoms with Crippen LogP contribution in [-0.4, -0.2) is 24.6 Å². The standard InChI is InChI=1S/C18H13Cl2N5/c1-11-7-9-13(10-8-11)17-21-16(14(19)20)23-18-22-15(24-25(17)18)12-5-3-2-4-6-12/h2-10,14H,1H3. The molecule has 5 nitrogen and oxygen atoms in total. The Morgan fingerprint density at radius 2 is 1.56 bits per heavy atom. The average molecular weight is 370 g/mol. The first-order chi connectivity index (χ1) is 12.1. The molecule has 2 heterocycles. The molecule has 0 unspecified atom stereocenters. The third-order valence-corrected chi connectivity index (χ3v) is 4.15. The van der Waals surface area contributed by atoms with Crippen molar-refractivity contribution >= 4 is 29.0 Å². The maximum atomic E-state index is 5.99. The number of aryl methyl sites for hydroxylation is 1. The molecule has 0 aliphatic heterocycles. The summed E-state index contributed by atoms with van der Waals surface area (Å²) in [6.07, 6.45) is 0. The molecular formula is C18H13Cl2N5. The van der Waals surface area contributed by atoms with E-state index in [0.29, 0.717) is 23.3 Å². The Morgan fingerprint density at radius 1 is 0.840 bits per heavy atom. The van der Waals surface area contributed by atoms with Gasteiger partial charge in [-0.05, 0) is 6.92 Å². The van der Waals surface area contributed by atoms with Crippen molar-refractivity contribution in [2.24, 2.45) is 0 Å². The molecule has 0 aliphatic rings. The van der Waals surface area contributed by atoms with Crippen LogP contribution in [0.1, 0.15) is 16.2 Å². The van der Waals surface area contributed by atoms with Crippen LogP contribution in [0, 0.1) is 6.92 Å². The highest BCUT2D eigenvalue weighted by Gasteiger charge is 2.17. The largest absolute Gasteiger partial charge is 0.256 e. The van der Waals surface area contributed by atoms with Crippen LogP contribution in [0.4, 0.5) is 0 Å². The van der Waals surface area contributed by atoms with E-state index in [-0.39, 0.29) is 0 Å². The Hall–Kier alpha value is -2.50. The molecule has 0 saturated heterocycles. The lowest BCUT2D eigenvalue weighted by Crippen LogP contribution is -2.05. The van der Waals surface area contributed by atoms with Gasteiger partial charge in [0.25, 0.3) is 5.78 Å². The topological polar surface area (TPSA) is 56.0 Å². The Balaban J connectivity index is 1.96. The van der Waals surface area contributed by atoms with E-state index in [4.69, 9.17) is 23.2 Å². The molecule has 4 aromatic rings. The maximum absolute atomic E-state index is 5.99. The second kappa shape index (κ2) is 6.43. The van der Waals surface area contributed by atoms with Crippen molar-refractivity contribution in [3.05, 3.63) is 66.0 Å². The zero-order valence-corrected chi connectivity index (χ0v) is 14.8. The molecule has 0 N–H and O–H groups in total. The number of aromatic nitrogens is 5. The van der Waals surface area contributed by atoms with Gasteiger partial charge in [-0.2, -0.15) is 14.5 Å². The van der Waals surface area contributed by atoms with Crippen molar-refractivity contribution in [3.63, 3.8) is 0 Å². The van der Waals surface area contributed by atoms with Crippen molar-refractivity contribution in [3.8, 4) is 22.8 Å². The van der Waals surface area contributed by atoms with Crippen LogP contribution in [0.15, 0.2) is 54.6 Å². The van der Waals surface area contributed by atoms with E-state index in [9.17, 15) is 0 Å². The van der Waals surface area contributed by atoms with Gasteiger partial charge in [0, 0.05) is 11.1 Å². The zero-order chi connectivity index (χ0) is 17.4. The predicted octanol–water partition coefficient (Wildman–Crippen LogP) is 4.64. The van der Waals surface area contributed by atoms with Gasteiger partial charge in [0.1, 0.15) is 0 Å². The van der Waals surface area contributed by atoms with Crippen LogP contribution in [-0.2, 0) is 0 Å². The second-order valence-electron chi connectivity index (χ2n) is 5.59. The van der Waals surface area contributed by atoms with Gasteiger partial charge in [0.15, 0.2) is 22.3 Å². The summed E-state index contributed by atoms with van der Waals surface area (Å²) in [5.41, 5.74) is 2.95. The number of alkyl halides is 2. The monoisotopic (exact) mass is 369 g/mol. The van der Waals surface area contributed by atoms with Crippen molar-refractivity contribution in [2.75, 3.05) is 0 Å². The van der Waals surface area contributed by atoms with Crippen molar-refractivity contribution in [1.29, 1.82) is 0 Å². The number of hydrogen-bond donors (Lipinski definition) is 0. The average Bonchev–Trinajstić information content (AvgIpc) is 3.06. The van der Waals surface area contributed by atoms with Crippen LogP contribution in [0.25, 0.3) is 28.6 Å². The molecule has 4 rings (SSSR count). The van der Waals surface area contributed by atoms with Crippen molar-refractivity contribution in [2.45, 2.75) is 11.8 Å². The lowest BCUT2D eigenvalue weighted by Gasteiger charge is -2.07. The highest BCUT2D eigenvalue weighted by atomic mass is 35.5. The first-order valence-electron chi connectivity index (χ1n) is 7.67. The van der Waals surface area contributed by atoms with Gasteiger partial charge in [-0.3, -0.25) is 0 Å². The van der Waals surface area contributed by atoms with E-state index in [1.54, 1.807) is 4.52 Å². The third kappa shape index (κ3) is 3.08. The fourth-order valence-electron chi connectivity index (χ4n) is 2.50. The summed E-state index contributed by atoms with van der Waals surface area (Å²) in [6, 6.07) is 17.7. The second-order valence-corrected chi connectivity index (χ2v) is 6.68. The van der Waals surface area contributed by atoms with E-state index >= 15 is 0 Å². The quantitative estimate of drug-likeness (QED) is 0.493. The summed E-state index contributed by atoms with van der Waals surface area (Å²) in [5, 5.41) is 4.58. The lowest BCUT2D eigenvalue weighted by molar-refractivity contribution is 0.871. The van der Waals surface area contributed by atoms with E-state index in [1.807, 2.05) is 61.5 Å². The molecule has 0 saturated carbocycles. The highest BCUT2D eigenvalue weighted by molar-refractivity contribution is 6.43. The van der Waals surface area contributed by atoms with Crippen LogP contribution < -0.4 is 0 Å². The van der Waals surface area contributed by atoms with Gasteiger partial charge in [0.05, 0.1) is 0 Å². The number of hydrogen-bond acceptors (Lipinski definition) is 4. The highest BCUT2D eigenvalue weighted by Crippen LogP contribution is 2.26. The molecule has 0 fully saturated rings. The van der Waals surface area contributed by atoms with Crippen LogP contribution in [0.5, 0.6) is 0 Å². The Kier molecular flexibility index (Phi) is 4.11. The minimum Gasteiger partial charge on any atom is -0.210 e. The molecule has 2 aromatic heterocycles. The molecule has 25 heavy (non-hydrogen) atoms. The minimum absolute atomic E-state index is 0.304. The minimum atomic E-state index is -0.842. The normalized spacial score (nSPS) is 11.4. The Morgan fingerprint density at radius 3 is 2.24 bits per heavy atom. The summed E-state index contributed by atoms with van der Waals surface area (Å²) in [6.45, 7) is 2.03. The molecular weight excluding hydrogens is 357 g/mol. The first kappa shape index (κ1) is 16.0. The fourth-order valence-corrected chi connectivity index (χ4v) is 2.69. The smallest absolute Gasteiger partial charge is 0.210 e. The Labute approximate surface area is 154 Å². The number of fused-ring (bicyclic) bond motifs is 1. The van der Waals surface area contributed by atoms with Gasteiger partial charge >= 0.3 is 0 Å². The van der Waals surface area contributed by atoms with E-state index < -0.39 is 4.84 Å². The van der Waals surface area contributed by atoms with Crippen molar-refractivity contribution in [1.82, 2.24) is 24.6 Å². The fraction of sp³-hybridized carbons (Fsp3) is 0.111. The van der Waals surface area contributed by atoms with Crippen LogP contribution in [0.3, 0.4) is 0 Å². The van der Waals surface area contributed by atoms with Crippen LogP contribution in [0.2, 0.25) is 0 Å². The number of halogens is 2. The lowest BCUT2D eigenvalue weighted by atomic mass is 10.1. The predicted molar refractivity (Wildman–Crippen MR) is 98.6 cm³/mol. The molecule has 0 aliphatic carbocycles. The molecule has 7 heteroatoms. The molecule has 0 bridgehead atoms. The van der Waals surface area contributed by atoms with Gasteiger partial charge < -0.3 is 0 Å². The van der Waals surface area contributed by atoms with E-state index in [1.165, 1.54) is 0 Å². The zero-order valence-electron chi connectivity index (χ0n) is 13.3. The maximum Gasteiger partial charge on any atom is 0.256 e. The van der Waals surface area contributed by atoms with E-state index in [2.05, 4.69) is 20.1 Å². The molecule has 0 amide bonds. The molecule has 0 spiro atoms. The summed E-state index contributed by atoms with van der Waals surface area (Å²) < 4.78 is 1.62. The first-order valence-corrected chi connectivity index (χ1v) is 8.54. The summed E-state index contributed by atoms with van der Waals surface area (Å²) in [7, 11) is 0. The van der Waals surface area contributed by atoms with Crippen molar-refractivity contribution < 1.29 is 0 Å². The number of benzene rings is 2. The molecule has 0 atom stereocenters. The SMILES string of the molecule is Cc1ccc(-c2nc(C(Cl)Cl)nc3nc(-c4ccccc4)nn23)cc1. The van der Waals surface area contributed by atoms with E-state index in [0.717, 1.165) is 16.7 Å². The Bertz CT molecular complexity index is 1030. The molecule has 2 aromatic carbocycles. The third-order valence-electron chi connectivity index (χ3n) is 3.76. The van der Waals surface area contributed by atoms with Gasteiger partial charge in [-0.1, -0.05) is 83.4 Å². The number of rotatable bonds is 3. The summed E-state index contributed by atoms with van der Waals surface area (Å²) in [4.78, 5) is 12.5. The van der Waals surface area contributed by atoms with Gasteiger partial charge in [-0.15, -0.1) is 5.10 Å².